The van der Waals surface area contributed by atoms with Gasteiger partial charge in [-0.15, -0.1) is 0 Å². The first-order valence-electron chi connectivity index (χ1n) is 13.5. The van der Waals surface area contributed by atoms with E-state index in [9.17, 15) is 0 Å². The number of rotatable bonds is 9. The fourth-order valence-electron chi connectivity index (χ4n) is 5.51. The van der Waals surface area contributed by atoms with E-state index in [-0.39, 0.29) is 12.4 Å². The van der Waals surface area contributed by atoms with Crippen molar-refractivity contribution in [1.29, 1.82) is 0 Å². The van der Waals surface area contributed by atoms with Crippen LogP contribution in [0, 0.1) is 5.82 Å². The van der Waals surface area contributed by atoms with Gasteiger partial charge >= 0.3 is 0 Å². The summed E-state index contributed by atoms with van der Waals surface area (Å²) in [6.45, 7) is 0.630. The molecule has 0 amide bonds. The summed E-state index contributed by atoms with van der Waals surface area (Å²) in [6.07, 6.45) is 0. The Kier molecular flexibility index (Phi) is 7.23. The topological polar surface area (TPSA) is 62.3 Å². The predicted octanol–water partition coefficient (Wildman–Crippen LogP) is 7.29. The second-order valence-electron chi connectivity index (χ2n) is 9.83. The highest BCUT2D eigenvalue weighted by atomic mass is 19.1. The molecule has 1 heterocycles. The van der Waals surface area contributed by atoms with Crippen molar-refractivity contribution < 1.29 is 13.9 Å². The molecule has 0 aliphatic rings. The summed E-state index contributed by atoms with van der Waals surface area (Å²) in [5.41, 5.74) is 11.3. The van der Waals surface area contributed by atoms with Gasteiger partial charge in [0.1, 0.15) is 17.8 Å². The highest BCUT2D eigenvalue weighted by molar-refractivity contribution is 5.96. The molecule has 6 heteroatoms. The maximum absolute atomic E-state index is 15.3. The van der Waals surface area contributed by atoms with Crippen LogP contribution in [0.2, 0.25) is 0 Å². The smallest absolute Gasteiger partial charge is 0.165 e. The van der Waals surface area contributed by atoms with Crippen LogP contribution in [0.1, 0.15) is 16.7 Å². The van der Waals surface area contributed by atoms with Gasteiger partial charge in [-0.1, -0.05) is 91.0 Å². The average molecular weight is 544 g/mol. The molecule has 204 valence electrons. The van der Waals surface area contributed by atoms with Gasteiger partial charge in [-0.3, -0.25) is 0 Å². The van der Waals surface area contributed by atoms with Crippen LogP contribution in [0.25, 0.3) is 22.2 Å². The highest BCUT2D eigenvalue weighted by Gasteiger charge is 2.41. The first kappa shape index (κ1) is 26.3. The number of methoxy groups -OCH3 is 1. The summed E-state index contributed by atoms with van der Waals surface area (Å²) in [5, 5.41) is 6.11. The van der Waals surface area contributed by atoms with Crippen molar-refractivity contribution >= 4 is 16.6 Å². The summed E-state index contributed by atoms with van der Waals surface area (Å²) in [7, 11) is 1.58. The Bertz CT molecular complexity index is 1670. The van der Waals surface area contributed by atoms with E-state index in [0.29, 0.717) is 23.6 Å². The average Bonchev–Trinajstić information content (AvgIpc) is 3.39. The Morgan fingerprint density at radius 3 is 1.85 bits per heavy atom. The van der Waals surface area contributed by atoms with Crippen LogP contribution in [-0.2, 0) is 10.3 Å². The Morgan fingerprint density at radius 2 is 1.32 bits per heavy atom. The number of fused-ring (bicyclic) bond motifs is 1. The molecule has 41 heavy (non-hydrogen) atoms. The number of anilines is 1. The SMILES string of the molecule is COCCOc1ccc(-c2nn(C(c3ccccc3)(c3ccccc3)c3ccccc3)c3ccc(N)cc23)cc1F. The number of nitrogens with zero attached hydrogens (tertiary/aromatic N) is 2. The molecule has 0 aliphatic heterocycles. The van der Waals surface area contributed by atoms with Crippen LogP contribution in [0.5, 0.6) is 5.75 Å². The molecule has 0 bridgehead atoms. The number of nitrogens with two attached hydrogens (primary N) is 1. The maximum atomic E-state index is 15.3. The van der Waals surface area contributed by atoms with Crippen molar-refractivity contribution in [2.75, 3.05) is 26.1 Å². The Labute approximate surface area is 238 Å². The van der Waals surface area contributed by atoms with E-state index < -0.39 is 11.4 Å². The molecule has 5 nitrogen and oxygen atoms in total. The second-order valence-corrected chi connectivity index (χ2v) is 9.83. The summed E-state index contributed by atoms with van der Waals surface area (Å²) in [5.74, 6) is -0.299. The van der Waals surface area contributed by atoms with Crippen molar-refractivity contribution in [3.63, 3.8) is 0 Å². The molecular formula is C35H30FN3O2. The van der Waals surface area contributed by atoms with Gasteiger partial charge in [0.05, 0.1) is 12.1 Å². The molecule has 2 N–H and O–H groups in total. The fraction of sp³-hybridized carbons (Fsp3) is 0.114. The van der Waals surface area contributed by atoms with Gasteiger partial charge in [-0.05, 0) is 53.1 Å². The van der Waals surface area contributed by atoms with E-state index in [1.165, 1.54) is 6.07 Å². The van der Waals surface area contributed by atoms with Crippen LogP contribution >= 0.6 is 0 Å². The van der Waals surface area contributed by atoms with Gasteiger partial charge in [0.2, 0.25) is 0 Å². The molecule has 6 aromatic rings. The number of nitrogen functional groups attached to an aromatic ring is 1. The van der Waals surface area contributed by atoms with E-state index in [2.05, 4.69) is 41.1 Å². The van der Waals surface area contributed by atoms with Gasteiger partial charge in [0.25, 0.3) is 0 Å². The molecule has 6 rings (SSSR count). The van der Waals surface area contributed by atoms with Crippen molar-refractivity contribution in [3.05, 3.63) is 150 Å². The van der Waals surface area contributed by atoms with E-state index in [0.717, 1.165) is 27.6 Å². The summed E-state index contributed by atoms with van der Waals surface area (Å²) >= 11 is 0. The predicted molar refractivity (Wildman–Crippen MR) is 162 cm³/mol. The van der Waals surface area contributed by atoms with Gasteiger partial charge in [0, 0.05) is 23.7 Å². The zero-order valence-electron chi connectivity index (χ0n) is 22.7. The van der Waals surface area contributed by atoms with Crippen LogP contribution in [0.15, 0.2) is 127 Å². The molecule has 0 unspecified atom stereocenters. The molecule has 5 aromatic carbocycles. The molecule has 0 saturated heterocycles. The number of halogens is 1. The van der Waals surface area contributed by atoms with E-state index >= 15 is 4.39 Å². The maximum Gasteiger partial charge on any atom is 0.165 e. The Morgan fingerprint density at radius 1 is 0.732 bits per heavy atom. The Hall–Kier alpha value is -4.94. The largest absolute Gasteiger partial charge is 0.488 e. The van der Waals surface area contributed by atoms with Gasteiger partial charge in [0.15, 0.2) is 11.6 Å². The molecule has 0 fully saturated rings. The Balaban J connectivity index is 1.66. The monoisotopic (exact) mass is 543 g/mol. The van der Waals surface area contributed by atoms with Crippen LogP contribution in [-0.4, -0.2) is 30.1 Å². The normalized spacial score (nSPS) is 11.6. The summed E-state index contributed by atoms with van der Waals surface area (Å²) in [4.78, 5) is 0. The molecule has 0 aliphatic carbocycles. The van der Waals surface area contributed by atoms with Gasteiger partial charge < -0.3 is 15.2 Å². The van der Waals surface area contributed by atoms with Crippen molar-refractivity contribution in [2.45, 2.75) is 5.54 Å². The van der Waals surface area contributed by atoms with Gasteiger partial charge in [-0.25, -0.2) is 9.07 Å². The van der Waals surface area contributed by atoms with E-state index in [1.807, 2.05) is 78.9 Å². The third-order valence-electron chi connectivity index (χ3n) is 7.35. The van der Waals surface area contributed by atoms with Crippen LogP contribution in [0.4, 0.5) is 10.1 Å². The highest BCUT2D eigenvalue weighted by Crippen LogP contribution is 2.44. The molecule has 0 atom stereocenters. The lowest BCUT2D eigenvalue weighted by molar-refractivity contribution is 0.144. The summed E-state index contributed by atoms with van der Waals surface area (Å²) in [6, 6.07) is 41.7. The lowest BCUT2D eigenvalue weighted by atomic mass is 9.77. The van der Waals surface area contributed by atoms with Crippen molar-refractivity contribution in [3.8, 4) is 17.0 Å². The quantitative estimate of drug-likeness (QED) is 0.118. The van der Waals surface area contributed by atoms with Crippen molar-refractivity contribution in [2.24, 2.45) is 0 Å². The molecule has 0 saturated carbocycles. The van der Waals surface area contributed by atoms with Crippen LogP contribution in [0.3, 0.4) is 0 Å². The minimum Gasteiger partial charge on any atom is -0.488 e. The van der Waals surface area contributed by atoms with Gasteiger partial charge in [-0.2, -0.15) is 5.10 Å². The lowest BCUT2D eigenvalue weighted by Gasteiger charge is -2.37. The lowest BCUT2D eigenvalue weighted by Crippen LogP contribution is -2.38. The van der Waals surface area contributed by atoms with E-state index in [4.69, 9.17) is 20.3 Å². The fourth-order valence-corrected chi connectivity index (χ4v) is 5.51. The number of benzene rings is 5. The first-order valence-corrected chi connectivity index (χ1v) is 13.5. The standard InChI is InChI=1S/C35H30FN3O2/c1-40-21-22-41-33-20-17-25(23-31(33)36)34-30-24-29(37)18-19-32(30)39(38-34)35(26-11-5-2-6-12-26,27-13-7-3-8-14-27)28-15-9-4-10-16-28/h2-20,23-24H,21-22,37H2,1H3. The first-order chi connectivity index (χ1) is 20.1. The minimum atomic E-state index is -0.835. The zero-order valence-corrected chi connectivity index (χ0v) is 22.7. The number of ether oxygens (including phenoxy) is 2. The van der Waals surface area contributed by atoms with E-state index in [1.54, 1.807) is 13.2 Å². The molecule has 1 aromatic heterocycles. The third kappa shape index (κ3) is 4.72. The molecular weight excluding hydrogens is 513 g/mol. The van der Waals surface area contributed by atoms with Crippen molar-refractivity contribution in [1.82, 2.24) is 9.78 Å². The minimum absolute atomic E-state index is 0.168. The number of hydrogen-bond donors (Lipinski definition) is 1. The molecule has 0 radical (unpaired) electrons. The number of hydrogen-bond acceptors (Lipinski definition) is 4. The third-order valence-corrected chi connectivity index (χ3v) is 7.35. The second kappa shape index (κ2) is 11.3. The zero-order chi connectivity index (χ0) is 28.2. The summed E-state index contributed by atoms with van der Waals surface area (Å²) < 4.78 is 27.9. The molecule has 0 spiro atoms. The van der Waals surface area contributed by atoms with Crippen LogP contribution < -0.4 is 10.5 Å². The number of aromatic nitrogens is 2.